The summed E-state index contributed by atoms with van der Waals surface area (Å²) in [7, 11) is 1.62. The van der Waals surface area contributed by atoms with Crippen LogP contribution in [0, 0.1) is 0 Å². The van der Waals surface area contributed by atoms with Crippen LogP contribution < -0.4 is 9.64 Å². The molecule has 0 aliphatic carbocycles. The highest BCUT2D eigenvalue weighted by Gasteiger charge is 2.26. The third-order valence-corrected chi connectivity index (χ3v) is 4.31. The van der Waals surface area contributed by atoms with Gasteiger partial charge in [-0.25, -0.2) is 0 Å². The maximum Gasteiger partial charge on any atom is 0.324 e. The fourth-order valence-corrected chi connectivity index (χ4v) is 2.88. The lowest BCUT2D eigenvalue weighted by atomic mass is 10.2. The third kappa shape index (κ3) is 3.13. The third-order valence-electron chi connectivity index (χ3n) is 4.31. The van der Waals surface area contributed by atoms with Gasteiger partial charge < -0.3 is 23.5 Å². The van der Waals surface area contributed by atoms with E-state index in [1.54, 1.807) is 24.1 Å². The Morgan fingerprint density at radius 2 is 2.00 bits per heavy atom. The van der Waals surface area contributed by atoms with Gasteiger partial charge in [0.05, 0.1) is 13.4 Å². The standard InChI is InChI=1S/C18H18N4O4/c1-24-14-5-2-4-13(12-14)16-19-18(26-20-16)22-9-7-21(8-10-22)17(23)15-6-3-11-25-15/h2-6,11-12H,7-10H2,1H3. The number of furan rings is 1. The van der Waals surface area contributed by atoms with E-state index in [4.69, 9.17) is 13.7 Å². The van der Waals surface area contributed by atoms with Gasteiger partial charge in [0.1, 0.15) is 5.75 Å². The molecule has 8 heteroatoms. The van der Waals surface area contributed by atoms with Crippen LogP contribution in [0.1, 0.15) is 10.6 Å². The Bertz CT molecular complexity index is 882. The Morgan fingerprint density at radius 1 is 1.15 bits per heavy atom. The van der Waals surface area contributed by atoms with Gasteiger partial charge in [0.25, 0.3) is 5.91 Å². The van der Waals surface area contributed by atoms with Crippen molar-refractivity contribution in [3.63, 3.8) is 0 Å². The lowest BCUT2D eigenvalue weighted by Gasteiger charge is -2.32. The van der Waals surface area contributed by atoms with E-state index in [0.29, 0.717) is 43.8 Å². The van der Waals surface area contributed by atoms with Crippen LogP contribution in [-0.4, -0.2) is 54.2 Å². The maximum absolute atomic E-state index is 12.3. The molecule has 0 radical (unpaired) electrons. The SMILES string of the molecule is COc1cccc(-c2noc(N3CCN(C(=O)c4ccco4)CC3)n2)c1. The number of carbonyl (C=O) groups excluding carboxylic acids is 1. The van der Waals surface area contributed by atoms with Crippen LogP contribution in [0.4, 0.5) is 6.01 Å². The Kier molecular flexibility index (Phi) is 4.30. The van der Waals surface area contributed by atoms with E-state index in [1.165, 1.54) is 6.26 Å². The number of hydrogen-bond acceptors (Lipinski definition) is 7. The molecule has 8 nitrogen and oxygen atoms in total. The minimum Gasteiger partial charge on any atom is -0.497 e. The highest BCUT2D eigenvalue weighted by molar-refractivity contribution is 5.91. The van der Waals surface area contributed by atoms with Gasteiger partial charge in [-0.05, 0) is 24.3 Å². The lowest BCUT2D eigenvalue weighted by molar-refractivity contribution is 0.0712. The van der Waals surface area contributed by atoms with E-state index in [9.17, 15) is 4.79 Å². The minimum atomic E-state index is -0.0998. The second kappa shape index (κ2) is 6.91. The molecule has 1 aromatic carbocycles. The zero-order valence-electron chi connectivity index (χ0n) is 14.3. The molecule has 1 aliphatic rings. The molecular weight excluding hydrogens is 336 g/mol. The number of carbonyl (C=O) groups is 1. The number of amides is 1. The normalized spacial score (nSPS) is 14.5. The predicted molar refractivity (Wildman–Crippen MR) is 93.1 cm³/mol. The van der Waals surface area contributed by atoms with Crippen LogP contribution in [-0.2, 0) is 0 Å². The van der Waals surface area contributed by atoms with Crippen molar-refractivity contribution in [2.24, 2.45) is 0 Å². The van der Waals surface area contributed by atoms with Crippen molar-refractivity contribution in [2.75, 3.05) is 38.2 Å². The maximum atomic E-state index is 12.3. The molecule has 0 N–H and O–H groups in total. The van der Waals surface area contributed by atoms with Crippen molar-refractivity contribution < 1.29 is 18.5 Å². The van der Waals surface area contributed by atoms with Gasteiger partial charge in [0, 0.05) is 31.7 Å². The van der Waals surface area contributed by atoms with E-state index >= 15 is 0 Å². The zero-order chi connectivity index (χ0) is 17.9. The molecule has 0 spiro atoms. The number of rotatable bonds is 4. The van der Waals surface area contributed by atoms with Gasteiger partial charge in [-0.3, -0.25) is 4.79 Å². The van der Waals surface area contributed by atoms with Crippen LogP contribution in [0.15, 0.2) is 51.6 Å². The second-order valence-corrected chi connectivity index (χ2v) is 5.89. The molecule has 134 valence electrons. The molecule has 0 atom stereocenters. The van der Waals surface area contributed by atoms with Crippen LogP contribution >= 0.6 is 0 Å². The summed E-state index contributed by atoms with van der Waals surface area (Å²) < 4.78 is 15.8. The minimum absolute atomic E-state index is 0.0998. The van der Waals surface area contributed by atoms with Gasteiger partial charge in [-0.1, -0.05) is 17.3 Å². The Morgan fingerprint density at radius 3 is 2.73 bits per heavy atom. The second-order valence-electron chi connectivity index (χ2n) is 5.89. The number of aromatic nitrogens is 2. The number of hydrogen-bond donors (Lipinski definition) is 0. The number of methoxy groups -OCH3 is 1. The van der Waals surface area contributed by atoms with Gasteiger partial charge in [-0.2, -0.15) is 4.98 Å². The molecule has 1 aliphatic heterocycles. The summed E-state index contributed by atoms with van der Waals surface area (Å²) in [6.07, 6.45) is 1.50. The van der Waals surface area contributed by atoms with Crippen LogP contribution in [0.2, 0.25) is 0 Å². The summed E-state index contributed by atoms with van der Waals surface area (Å²) in [4.78, 5) is 20.5. The van der Waals surface area contributed by atoms with E-state index in [1.807, 2.05) is 29.2 Å². The van der Waals surface area contributed by atoms with Crippen molar-refractivity contribution in [1.82, 2.24) is 15.0 Å². The van der Waals surface area contributed by atoms with E-state index in [0.717, 1.165) is 11.3 Å². The van der Waals surface area contributed by atoms with Crippen LogP contribution in [0.3, 0.4) is 0 Å². The Balaban J connectivity index is 1.42. The molecule has 0 unspecified atom stereocenters. The average molecular weight is 354 g/mol. The van der Waals surface area contributed by atoms with Gasteiger partial charge in [0.2, 0.25) is 5.82 Å². The summed E-state index contributed by atoms with van der Waals surface area (Å²) >= 11 is 0. The van der Waals surface area contributed by atoms with Gasteiger partial charge in [-0.15, -0.1) is 0 Å². The number of piperazine rings is 1. The van der Waals surface area contributed by atoms with Crippen LogP contribution in [0.25, 0.3) is 11.4 Å². The zero-order valence-corrected chi connectivity index (χ0v) is 14.3. The molecule has 4 rings (SSSR count). The van der Waals surface area contributed by atoms with Crippen molar-refractivity contribution in [1.29, 1.82) is 0 Å². The highest BCUT2D eigenvalue weighted by Crippen LogP contribution is 2.24. The van der Waals surface area contributed by atoms with Crippen molar-refractivity contribution >= 4 is 11.9 Å². The quantitative estimate of drug-likeness (QED) is 0.711. The van der Waals surface area contributed by atoms with E-state index in [2.05, 4.69) is 10.1 Å². The largest absolute Gasteiger partial charge is 0.497 e. The molecule has 1 saturated heterocycles. The van der Waals surface area contributed by atoms with Crippen LogP contribution in [0.5, 0.6) is 5.75 Å². The van der Waals surface area contributed by atoms with Crippen molar-refractivity contribution in [3.8, 4) is 17.1 Å². The molecule has 26 heavy (non-hydrogen) atoms. The fourth-order valence-electron chi connectivity index (χ4n) is 2.88. The lowest BCUT2D eigenvalue weighted by Crippen LogP contribution is -2.48. The number of ether oxygens (including phenoxy) is 1. The van der Waals surface area contributed by atoms with E-state index < -0.39 is 0 Å². The number of anilines is 1. The molecule has 1 fully saturated rings. The average Bonchev–Trinajstić information content (AvgIpc) is 3.40. The first-order chi connectivity index (χ1) is 12.7. The molecule has 3 heterocycles. The topological polar surface area (TPSA) is 84.8 Å². The first kappa shape index (κ1) is 16.2. The fraction of sp³-hybridized carbons (Fsp3) is 0.278. The number of nitrogens with zero attached hydrogens (tertiary/aromatic N) is 4. The number of benzene rings is 1. The first-order valence-electron chi connectivity index (χ1n) is 8.30. The summed E-state index contributed by atoms with van der Waals surface area (Å²) in [5.74, 6) is 1.50. The Hall–Kier alpha value is -3.29. The molecular formula is C18H18N4O4. The summed E-state index contributed by atoms with van der Waals surface area (Å²) in [6, 6.07) is 11.3. The summed E-state index contributed by atoms with van der Waals surface area (Å²) in [6.45, 7) is 2.37. The highest BCUT2D eigenvalue weighted by atomic mass is 16.5. The molecule has 1 amide bonds. The molecule has 3 aromatic rings. The summed E-state index contributed by atoms with van der Waals surface area (Å²) in [5, 5.41) is 4.05. The predicted octanol–water partition coefficient (Wildman–Crippen LogP) is 2.30. The van der Waals surface area contributed by atoms with Gasteiger partial charge in [0.15, 0.2) is 5.76 Å². The molecule has 2 aromatic heterocycles. The van der Waals surface area contributed by atoms with E-state index in [-0.39, 0.29) is 5.91 Å². The smallest absolute Gasteiger partial charge is 0.324 e. The van der Waals surface area contributed by atoms with Gasteiger partial charge >= 0.3 is 6.01 Å². The molecule has 0 saturated carbocycles. The molecule has 0 bridgehead atoms. The first-order valence-corrected chi connectivity index (χ1v) is 8.30. The monoisotopic (exact) mass is 354 g/mol. The summed E-state index contributed by atoms with van der Waals surface area (Å²) in [5.41, 5.74) is 0.825. The van der Waals surface area contributed by atoms with Crippen molar-refractivity contribution in [3.05, 3.63) is 48.4 Å². The Labute approximate surface area is 150 Å². The van der Waals surface area contributed by atoms with Crippen molar-refractivity contribution in [2.45, 2.75) is 0 Å².